The van der Waals surface area contributed by atoms with E-state index in [1.165, 1.54) is 27.8 Å². The molecule has 28 heavy (non-hydrogen) atoms. The minimum Gasteiger partial charge on any atom is -0.302 e. The van der Waals surface area contributed by atoms with E-state index >= 15 is 0 Å². The van der Waals surface area contributed by atoms with Crippen LogP contribution in [0.2, 0.25) is 0 Å². The summed E-state index contributed by atoms with van der Waals surface area (Å²) in [6.45, 7) is 1.10. The highest BCUT2D eigenvalue weighted by atomic mass is 32.2. The van der Waals surface area contributed by atoms with Crippen molar-refractivity contribution in [1.82, 2.24) is 9.29 Å². The zero-order chi connectivity index (χ0) is 19.7. The van der Waals surface area contributed by atoms with Gasteiger partial charge in [-0.25, -0.2) is 17.8 Å². The van der Waals surface area contributed by atoms with Gasteiger partial charge in [0.25, 0.3) is 0 Å². The molecule has 4 rings (SSSR count). The Kier molecular flexibility index (Phi) is 5.13. The number of rotatable bonds is 5. The number of amides is 1. The Labute approximate surface area is 166 Å². The van der Waals surface area contributed by atoms with Gasteiger partial charge in [0.2, 0.25) is 15.9 Å². The van der Waals surface area contributed by atoms with Crippen LogP contribution in [0, 0.1) is 5.82 Å². The molecule has 2 heterocycles. The monoisotopic (exact) mass is 419 g/mol. The number of aromatic nitrogens is 1. The number of hydrogen-bond acceptors (Lipinski definition) is 5. The van der Waals surface area contributed by atoms with Crippen LogP contribution >= 0.6 is 11.3 Å². The lowest BCUT2D eigenvalue weighted by molar-refractivity contribution is -0.115. The molecule has 1 fully saturated rings. The first kappa shape index (κ1) is 19.0. The number of nitrogens with one attached hydrogen (secondary N) is 1. The van der Waals surface area contributed by atoms with Gasteiger partial charge in [0.05, 0.1) is 21.5 Å². The average molecular weight is 420 g/mol. The van der Waals surface area contributed by atoms with Gasteiger partial charge in [-0.1, -0.05) is 23.5 Å². The van der Waals surface area contributed by atoms with Crippen molar-refractivity contribution in [1.29, 1.82) is 0 Å². The van der Waals surface area contributed by atoms with Crippen LogP contribution in [-0.4, -0.2) is 36.7 Å². The Hall–Kier alpha value is -2.36. The molecule has 1 amide bonds. The molecule has 6 nitrogen and oxygen atoms in total. The number of thiazole rings is 1. The SMILES string of the molecule is O=C(Cc1ccc(F)cc1)Nc1nc2ccc(S(=O)(=O)N3CCCC3)cc2s1. The molecule has 1 saturated heterocycles. The molecule has 0 aliphatic carbocycles. The molecule has 146 valence electrons. The van der Waals surface area contributed by atoms with Crippen molar-refractivity contribution in [3.63, 3.8) is 0 Å². The van der Waals surface area contributed by atoms with E-state index in [1.807, 2.05) is 0 Å². The Morgan fingerprint density at radius 3 is 2.57 bits per heavy atom. The Morgan fingerprint density at radius 1 is 1.14 bits per heavy atom. The van der Waals surface area contributed by atoms with Crippen LogP contribution in [0.25, 0.3) is 10.2 Å². The summed E-state index contributed by atoms with van der Waals surface area (Å²) in [5.41, 5.74) is 1.32. The Balaban J connectivity index is 1.51. The first-order chi connectivity index (χ1) is 13.4. The summed E-state index contributed by atoms with van der Waals surface area (Å²) in [7, 11) is -3.49. The number of carbonyl (C=O) groups excluding carboxylic acids is 1. The van der Waals surface area contributed by atoms with E-state index in [1.54, 1.807) is 30.3 Å². The molecule has 0 unspecified atom stereocenters. The van der Waals surface area contributed by atoms with E-state index in [2.05, 4.69) is 10.3 Å². The maximum absolute atomic E-state index is 12.9. The zero-order valence-electron chi connectivity index (χ0n) is 14.9. The molecule has 0 radical (unpaired) electrons. The number of fused-ring (bicyclic) bond motifs is 1. The van der Waals surface area contributed by atoms with E-state index in [-0.39, 0.29) is 23.0 Å². The van der Waals surface area contributed by atoms with Gasteiger partial charge in [-0.15, -0.1) is 0 Å². The second kappa shape index (κ2) is 7.57. The van der Waals surface area contributed by atoms with Crippen LogP contribution in [0.15, 0.2) is 47.4 Å². The van der Waals surface area contributed by atoms with Crippen molar-refractivity contribution in [3.8, 4) is 0 Å². The molecular formula is C19H18FN3O3S2. The van der Waals surface area contributed by atoms with E-state index in [0.717, 1.165) is 12.8 Å². The van der Waals surface area contributed by atoms with Gasteiger partial charge in [0, 0.05) is 13.1 Å². The fourth-order valence-corrected chi connectivity index (χ4v) is 5.69. The summed E-state index contributed by atoms with van der Waals surface area (Å²) in [5.74, 6) is -0.620. The zero-order valence-corrected chi connectivity index (χ0v) is 16.5. The van der Waals surface area contributed by atoms with Crippen LogP contribution < -0.4 is 5.32 Å². The molecule has 1 aliphatic heterocycles. The smallest absolute Gasteiger partial charge is 0.243 e. The van der Waals surface area contributed by atoms with Gasteiger partial charge in [0.15, 0.2) is 5.13 Å². The molecule has 0 atom stereocenters. The second-order valence-electron chi connectivity index (χ2n) is 6.61. The largest absolute Gasteiger partial charge is 0.302 e. The summed E-state index contributed by atoms with van der Waals surface area (Å²) in [5, 5.41) is 3.12. The Morgan fingerprint density at radius 2 is 1.86 bits per heavy atom. The number of carbonyl (C=O) groups is 1. The maximum Gasteiger partial charge on any atom is 0.243 e. The van der Waals surface area contributed by atoms with Gasteiger partial charge in [-0.05, 0) is 48.7 Å². The normalized spacial score (nSPS) is 15.2. The van der Waals surface area contributed by atoms with Crippen LogP contribution in [0.1, 0.15) is 18.4 Å². The lowest BCUT2D eigenvalue weighted by atomic mass is 10.1. The molecule has 1 N–H and O–H groups in total. The number of sulfonamides is 1. The van der Waals surface area contributed by atoms with Crippen molar-refractivity contribution >= 4 is 42.6 Å². The summed E-state index contributed by atoms with van der Waals surface area (Å²) < 4.78 is 40.5. The van der Waals surface area contributed by atoms with E-state index in [0.29, 0.717) is 34.0 Å². The Bertz CT molecular complexity index is 1120. The van der Waals surface area contributed by atoms with Crippen LogP contribution in [0.4, 0.5) is 9.52 Å². The quantitative estimate of drug-likeness (QED) is 0.687. The highest BCUT2D eigenvalue weighted by Crippen LogP contribution is 2.30. The molecule has 1 aromatic heterocycles. The third kappa shape index (κ3) is 3.91. The van der Waals surface area contributed by atoms with Crippen molar-refractivity contribution in [3.05, 3.63) is 53.8 Å². The minimum atomic E-state index is -3.49. The number of hydrogen-bond donors (Lipinski definition) is 1. The van der Waals surface area contributed by atoms with E-state index < -0.39 is 10.0 Å². The van der Waals surface area contributed by atoms with Crippen molar-refractivity contribution in [2.75, 3.05) is 18.4 Å². The fourth-order valence-electron chi connectivity index (χ4n) is 3.15. The van der Waals surface area contributed by atoms with Gasteiger partial charge in [0.1, 0.15) is 5.82 Å². The lowest BCUT2D eigenvalue weighted by Gasteiger charge is -2.15. The standard InChI is InChI=1S/C19H18FN3O3S2/c20-14-5-3-13(4-6-14)11-18(24)22-19-21-16-8-7-15(12-17(16)27-19)28(25,26)23-9-1-2-10-23/h3-8,12H,1-2,9-11H2,(H,21,22,24). The summed E-state index contributed by atoms with van der Waals surface area (Å²) in [6, 6.07) is 10.6. The molecule has 3 aromatic rings. The molecule has 1 aliphatic rings. The highest BCUT2D eigenvalue weighted by Gasteiger charge is 2.27. The van der Waals surface area contributed by atoms with Crippen molar-refractivity contribution in [2.24, 2.45) is 0 Å². The first-order valence-electron chi connectivity index (χ1n) is 8.87. The third-order valence-corrected chi connectivity index (χ3v) is 7.42. The summed E-state index contributed by atoms with van der Waals surface area (Å²) in [4.78, 5) is 16.8. The number of halogens is 1. The fraction of sp³-hybridized carbons (Fsp3) is 0.263. The maximum atomic E-state index is 12.9. The first-order valence-corrected chi connectivity index (χ1v) is 11.1. The summed E-state index contributed by atoms with van der Waals surface area (Å²) in [6.07, 6.45) is 1.86. The van der Waals surface area contributed by atoms with Crippen LogP contribution in [0.3, 0.4) is 0 Å². The number of anilines is 1. The lowest BCUT2D eigenvalue weighted by Crippen LogP contribution is -2.27. The van der Waals surface area contributed by atoms with Gasteiger partial charge >= 0.3 is 0 Å². The van der Waals surface area contributed by atoms with Crippen LogP contribution in [0.5, 0.6) is 0 Å². The van der Waals surface area contributed by atoms with Crippen molar-refractivity contribution < 1.29 is 17.6 Å². The summed E-state index contributed by atoms with van der Waals surface area (Å²) >= 11 is 1.23. The van der Waals surface area contributed by atoms with E-state index in [4.69, 9.17) is 0 Å². The number of nitrogens with zero attached hydrogens (tertiary/aromatic N) is 2. The molecule has 0 saturated carbocycles. The van der Waals surface area contributed by atoms with E-state index in [9.17, 15) is 17.6 Å². The predicted octanol–water partition coefficient (Wildman–Crippen LogP) is 3.40. The predicted molar refractivity (Wildman–Crippen MR) is 106 cm³/mol. The van der Waals surface area contributed by atoms with Crippen LogP contribution in [-0.2, 0) is 21.2 Å². The third-order valence-electron chi connectivity index (χ3n) is 4.59. The second-order valence-corrected chi connectivity index (χ2v) is 9.58. The molecule has 0 bridgehead atoms. The number of benzene rings is 2. The van der Waals surface area contributed by atoms with Gasteiger partial charge in [-0.3, -0.25) is 4.79 Å². The van der Waals surface area contributed by atoms with Gasteiger partial charge < -0.3 is 5.32 Å². The topological polar surface area (TPSA) is 79.4 Å². The van der Waals surface area contributed by atoms with Gasteiger partial charge in [-0.2, -0.15) is 4.31 Å². The molecular weight excluding hydrogens is 401 g/mol. The molecule has 2 aromatic carbocycles. The molecule has 0 spiro atoms. The molecule has 9 heteroatoms. The van der Waals surface area contributed by atoms with Crippen molar-refractivity contribution in [2.45, 2.75) is 24.2 Å². The average Bonchev–Trinajstić information content (AvgIpc) is 3.32. The highest BCUT2D eigenvalue weighted by molar-refractivity contribution is 7.89. The minimum absolute atomic E-state index is 0.102.